The second kappa shape index (κ2) is 5.81. The summed E-state index contributed by atoms with van der Waals surface area (Å²) < 4.78 is 7.59. The zero-order valence-corrected chi connectivity index (χ0v) is 12.9. The molecular weight excluding hydrogens is 280 g/mol. The van der Waals surface area contributed by atoms with Gasteiger partial charge in [0.1, 0.15) is 0 Å². The van der Waals surface area contributed by atoms with E-state index in [2.05, 4.69) is 26.6 Å². The second-order valence-electron chi connectivity index (χ2n) is 6.27. The number of aromatic nitrogens is 5. The van der Waals surface area contributed by atoms with Gasteiger partial charge in [0.25, 0.3) is 0 Å². The van der Waals surface area contributed by atoms with Crippen molar-refractivity contribution in [2.24, 2.45) is 0 Å². The van der Waals surface area contributed by atoms with Crippen molar-refractivity contribution < 1.29 is 4.74 Å². The van der Waals surface area contributed by atoms with Gasteiger partial charge in [-0.3, -0.25) is 0 Å². The van der Waals surface area contributed by atoms with Gasteiger partial charge in [-0.05, 0) is 39.4 Å². The highest BCUT2D eigenvalue weighted by Gasteiger charge is 2.28. The fourth-order valence-corrected chi connectivity index (χ4v) is 3.29. The van der Waals surface area contributed by atoms with Crippen LogP contribution in [0.3, 0.4) is 0 Å². The van der Waals surface area contributed by atoms with E-state index in [4.69, 9.17) is 14.8 Å². The third-order valence-electron chi connectivity index (χ3n) is 4.69. The normalized spacial score (nSPS) is 24.1. The molecule has 0 aliphatic carbocycles. The molecule has 0 radical (unpaired) electrons. The molecule has 118 valence electrons. The third-order valence-corrected chi connectivity index (χ3v) is 4.69. The summed E-state index contributed by atoms with van der Waals surface area (Å²) in [6.45, 7) is 3.74. The van der Waals surface area contributed by atoms with E-state index in [9.17, 15) is 0 Å². The first-order valence-corrected chi connectivity index (χ1v) is 8.04. The summed E-state index contributed by atoms with van der Waals surface area (Å²) >= 11 is 0. The largest absolute Gasteiger partial charge is 0.381 e. The van der Waals surface area contributed by atoms with E-state index in [1.165, 1.54) is 0 Å². The van der Waals surface area contributed by atoms with Gasteiger partial charge in [-0.1, -0.05) is 0 Å². The molecule has 4 rings (SSSR count). The molecule has 0 bridgehead atoms. The summed E-state index contributed by atoms with van der Waals surface area (Å²) in [7, 11) is 2.17. The number of rotatable bonds is 3. The zero-order chi connectivity index (χ0) is 14.9. The fraction of sp³-hybridized carbons (Fsp3) is 0.667. The predicted octanol–water partition coefficient (Wildman–Crippen LogP) is 1.44. The van der Waals surface area contributed by atoms with E-state index >= 15 is 0 Å². The van der Waals surface area contributed by atoms with E-state index in [0.717, 1.165) is 63.0 Å². The minimum absolute atomic E-state index is 0.321. The lowest BCUT2D eigenvalue weighted by Gasteiger charge is -2.29. The Bertz CT molecular complexity index is 608. The molecule has 2 aromatic heterocycles. The Labute approximate surface area is 129 Å². The average Bonchev–Trinajstić information content (AvgIpc) is 3.27. The molecule has 2 aliphatic rings. The minimum atomic E-state index is 0.321. The maximum absolute atomic E-state index is 5.49. The van der Waals surface area contributed by atoms with Crippen LogP contribution in [0.25, 0.3) is 11.6 Å². The van der Waals surface area contributed by atoms with E-state index < -0.39 is 0 Å². The topological polar surface area (TPSA) is 71.9 Å². The standard InChI is InChI=1S/C15H22N6O/c1-20-7-2-12(3-8-20)21-15(14-16-5-6-17-14)18-13(19-21)11-4-9-22-10-11/h5-6,11-12H,2-4,7-10H2,1H3,(H,16,17)/t11-/m0/s1. The molecule has 7 heteroatoms. The van der Waals surface area contributed by atoms with Crippen molar-refractivity contribution in [2.75, 3.05) is 33.4 Å². The van der Waals surface area contributed by atoms with Crippen LogP contribution < -0.4 is 0 Å². The highest BCUT2D eigenvalue weighted by atomic mass is 16.5. The Kier molecular flexibility index (Phi) is 3.67. The molecule has 2 saturated heterocycles. The molecule has 1 N–H and O–H groups in total. The van der Waals surface area contributed by atoms with Gasteiger partial charge in [-0.2, -0.15) is 5.10 Å². The Morgan fingerprint density at radius 3 is 2.82 bits per heavy atom. The number of likely N-dealkylation sites (tertiary alicyclic amines) is 1. The number of nitrogens with zero attached hydrogens (tertiary/aromatic N) is 5. The molecule has 22 heavy (non-hydrogen) atoms. The SMILES string of the molecule is CN1CCC(n2nc([C@H]3CCOC3)nc2-c2ncc[nH]2)CC1. The number of hydrogen-bond donors (Lipinski definition) is 1. The van der Waals surface area contributed by atoms with Crippen molar-refractivity contribution in [1.82, 2.24) is 29.6 Å². The summed E-state index contributed by atoms with van der Waals surface area (Å²) in [5.41, 5.74) is 0. The maximum Gasteiger partial charge on any atom is 0.194 e. The number of piperidine rings is 1. The van der Waals surface area contributed by atoms with E-state index in [1.54, 1.807) is 6.20 Å². The van der Waals surface area contributed by atoms with Gasteiger partial charge in [0.15, 0.2) is 17.5 Å². The fourth-order valence-electron chi connectivity index (χ4n) is 3.29. The molecule has 0 spiro atoms. The van der Waals surface area contributed by atoms with E-state index in [1.807, 2.05) is 6.20 Å². The molecule has 4 heterocycles. The van der Waals surface area contributed by atoms with Gasteiger partial charge in [0.05, 0.1) is 12.6 Å². The Morgan fingerprint density at radius 2 is 2.14 bits per heavy atom. The third kappa shape index (κ3) is 2.55. The van der Waals surface area contributed by atoms with Crippen molar-refractivity contribution in [1.29, 1.82) is 0 Å². The number of nitrogens with one attached hydrogen (secondary N) is 1. The Balaban J connectivity index is 1.68. The minimum Gasteiger partial charge on any atom is -0.381 e. The van der Waals surface area contributed by atoms with Crippen molar-refractivity contribution in [3.05, 3.63) is 18.2 Å². The number of imidazole rings is 1. The van der Waals surface area contributed by atoms with Crippen LogP contribution in [0.1, 0.15) is 37.0 Å². The number of aromatic amines is 1. The smallest absolute Gasteiger partial charge is 0.194 e. The van der Waals surface area contributed by atoms with Crippen molar-refractivity contribution in [3.8, 4) is 11.6 Å². The molecule has 0 unspecified atom stereocenters. The lowest BCUT2D eigenvalue weighted by atomic mass is 10.1. The number of hydrogen-bond acceptors (Lipinski definition) is 5. The molecule has 1 atom stereocenters. The second-order valence-corrected chi connectivity index (χ2v) is 6.27. The van der Waals surface area contributed by atoms with Gasteiger partial charge in [-0.15, -0.1) is 0 Å². The van der Waals surface area contributed by atoms with E-state index in [-0.39, 0.29) is 0 Å². The van der Waals surface area contributed by atoms with Gasteiger partial charge in [-0.25, -0.2) is 14.6 Å². The molecular formula is C15H22N6O. The molecule has 7 nitrogen and oxygen atoms in total. The lowest BCUT2D eigenvalue weighted by Crippen LogP contribution is -2.32. The van der Waals surface area contributed by atoms with Crippen molar-refractivity contribution in [2.45, 2.75) is 31.2 Å². The lowest BCUT2D eigenvalue weighted by molar-refractivity contribution is 0.192. The number of ether oxygens (including phenoxy) is 1. The maximum atomic E-state index is 5.49. The first kappa shape index (κ1) is 13.9. The average molecular weight is 302 g/mol. The predicted molar refractivity (Wildman–Crippen MR) is 81.5 cm³/mol. The van der Waals surface area contributed by atoms with Crippen LogP contribution in [0.2, 0.25) is 0 Å². The summed E-state index contributed by atoms with van der Waals surface area (Å²) in [6, 6.07) is 0.403. The highest BCUT2D eigenvalue weighted by molar-refractivity contribution is 5.43. The Morgan fingerprint density at radius 1 is 1.27 bits per heavy atom. The monoisotopic (exact) mass is 302 g/mol. The summed E-state index contributed by atoms with van der Waals surface area (Å²) in [6.07, 6.45) is 6.82. The molecule has 0 aromatic carbocycles. The molecule has 2 fully saturated rings. The first-order chi connectivity index (χ1) is 10.8. The van der Waals surface area contributed by atoms with Crippen LogP contribution in [0.5, 0.6) is 0 Å². The Hall–Kier alpha value is -1.73. The van der Waals surface area contributed by atoms with Gasteiger partial charge < -0.3 is 14.6 Å². The molecule has 2 aromatic rings. The van der Waals surface area contributed by atoms with Crippen LogP contribution in [-0.2, 0) is 4.74 Å². The number of H-pyrrole nitrogens is 1. The molecule has 2 aliphatic heterocycles. The molecule has 0 amide bonds. The van der Waals surface area contributed by atoms with Gasteiger partial charge in [0, 0.05) is 24.9 Å². The van der Waals surface area contributed by atoms with Gasteiger partial charge in [0.2, 0.25) is 0 Å². The summed E-state index contributed by atoms with van der Waals surface area (Å²) in [4.78, 5) is 14.7. The molecule has 0 saturated carbocycles. The van der Waals surface area contributed by atoms with Gasteiger partial charge >= 0.3 is 0 Å². The first-order valence-electron chi connectivity index (χ1n) is 8.04. The van der Waals surface area contributed by atoms with E-state index in [0.29, 0.717) is 12.0 Å². The zero-order valence-electron chi connectivity index (χ0n) is 12.9. The van der Waals surface area contributed by atoms with Crippen LogP contribution in [0.15, 0.2) is 12.4 Å². The highest BCUT2D eigenvalue weighted by Crippen LogP contribution is 2.29. The van der Waals surface area contributed by atoms with Crippen molar-refractivity contribution >= 4 is 0 Å². The quantitative estimate of drug-likeness (QED) is 0.929. The summed E-state index contributed by atoms with van der Waals surface area (Å²) in [5, 5.41) is 4.84. The summed E-state index contributed by atoms with van der Waals surface area (Å²) in [5.74, 6) is 2.89. The van der Waals surface area contributed by atoms with Crippen LogP contribution >= 0.6 is 0 Å². The van der Waals surface area contributed by atoms with Crippen LogP contribution in [0.4, 0.5) is 0 Å². The van der Waals surface area contributed by atoms with Crippen LogP contribution in [0, 0.1) is 0 Å². The van der Waals surface area contributed by atoms with Crippen molar-refractivity contribution in [3.63, 3.8) is 0 Å². The van der Waals surface area contributed by atoms with Crippen LogP contribution in [-0.4, -0.2) is 63.0 Å².